The summed E-state index contributed by atoms with van der Waals surface area (Å²) in [6, 6.07) is 4.87. The Hall–Kier alpha value is -1.55. The Labute approximate surface area is 81.7 Å². The Balaban J connectivity index is 2.28. The molecule has 4 heteroatoms. The largest absolute Gasteiger partial charge is 0.388 e. The van der Waals surface area contributed by atoms with Gasteiger partial charge in [0, 0.05) is 5.69 Å². The number of aliphatic hydroxyl groups excluding tert-OH is 1. The lowest BCUT2D eigenvalue weighted by Crippen LogP contribution is -2.19. The SMILES string of the molecule is NC(=O)Nc1ccc2c(c1)CCC2O. The van der Waals surface area contributed by atoms with Crippen molar-refractivity contribution >= 4 is 11.7 Å². The van der Waals surface area contributed by atoms with Crippen LogP contribution < -0.4 is 11.1 Å². The van der Waals surface area contributed by atoms with Gasteiger partial charge in [0.15, 0.2) is 0 Å². The molecular formula is C10H12N2O2. The maximum absolute atomic E-state index is 10.6. The van der Waals surface area contributed by atoms with E-state index in [-0.39, 0.29) is 6.10 Å². The van der Waals surface area contributed by atoms with Crippen LogP contribution in [0.5, 0.6) is 0 Å². The Kier molecular flexibility index (Phi) is 2.13. The number of fused-ring (bicyclic) bond motifs is 1. The molecule has 74 valence electrons. The van der Waals surface area contributed by atoms with Gasteiger partial charge in [0.2, 0.25) is 0 Å². The molecular weight excluding hydrogens is 180 g/mol. The van der Waals surface area contributed by atoms with Crippen LogP contribution >= 0.6 is 0 Å². The van der Waals surface area contributed by atoms with Gasteiger partial charge in [-0.15, -0.1) is 0 Å². The molecule has 2 rings (SSSR count). The van der Waals surface area contributed by atoms with Crippen molar-refractivity contribution in [2.24, 2.45) is 5.73 Å². The molecule has 0 heterocycles. The minimum Gasteiger partial charge on any atom is -0.388 e. The summed E-state index contributed by atoms with van der Waals surface area (Å²) in [5.74, 6) is 0. The number of rotatable bonds is 1. The molecule has 0 saturated carbocycles. The summed E-state index contributed by atoms with van der Waals surface area (Å²) in [6.45, 7) is 0. The first-order valence-electron chi connectivity index (χ1n) is 4.54. The number of anilines is 1. The van der Waals surface area contributed by atoms with Crippen molar-refractivity contribution in [2.75, 3.05) is 5.32 Å². The van der Waals surface area contributed by atoms with Gasteiger partial charge in [-0.3, -0.25) is 0 Å². The van der Waals surface area contributed by atoms with Gasteiger partial charge in [-0.1, -0.05) is 6.07 Å². The molecule has 0 aliphatic heterocycles. The molecule has 0 spiro atoms. The highest BCUT2D eigenvalue weighted by molar-refractivity contribution is 5.87. The number of benzene rings is 1. The lowest BCUT2D eigenvalue weighted by atomic mass is 10.1. The number of urea groups is 1. The summed E-state index contributed by atoms with van der Waals surface area (Å²) in [4.78, 5) is 10.6. The lowest BCUT2D eigenvalue weighted by molar-refractivity contribution is 0.180. The number of carbonyl (C=O) groups is 1. The van der Waals surface area contributed by atoms with E-state index in [1.165, 1.54) is 0 Å². The maximum atomic E-state index is 10.6. The van der Waals surface area contributed by atoms with Crippen molar-refractivity contribution in [3.05, 3.63) is 29.3 Å². The summed E-state index contributed by atoms with van der Waals surface area (Å²) in [6.07, 6.45) is 1.26. The monoisotopic (exact) mass is 192 g/mol. The summed E-state index contributed by atoms with van der Waals surface area (Å²) in [5, 5.41) is 12.0. The van der Waals surface area contributed by atoms with E-state index in [0.717, 1.165) is 24.0 Å². The smallest absolute Gasteiger partial charge is 0.316 e. The number of primary amides is 1. The van der Waals surface area contributed by atoms with Gasteiger partial charge in [-0.25, -0.2) is 4.79 Å². The highest BCUT2D eigenvalue weighted by Gasteiger charge is 2.19. The minimum atomic E-state index is -0.566. The van der Waals surface area contributed by atoms with Crippen LogP contribution in [0.2, 0.25) is 0 Å². The zero-order chi connectivity index (χ0) is 10.1. The van der Waals surface area contributed by atoms with Crippen LogP contribution in [0.4, 0.5) is 10.5 Å². The first-order chi connectivity index (χ1) is 6.66. The number of nitrogens with one attached hydrogen (secondary N) is 1. The van der Waals surface area contributed by atoms with Crippen molar-refractivity contribution in [2.45, 2.75) is 18.9 Å². The van der Waals surface area contributed by atoms with Crippen LogP contribution in [-0.4, -0.2) is 11.1 Å². The van der Waals surface area contributed by atoms with Crippen LogP contribution in [-0.2, 0) is 6.42 Å². The van der Waals surface area contributed by atoms with Crippen LogP contribution in [0.25, 0.3) is 0 Å². The van der Waals surface area contributed by atoms with Gasteiger partial charge >= 0.3 is 6.03 Å². The number of hydrogen-bond acceptors (Lipinski definition) is 2. The predicted octanol–water partition coefficient (Wildman–Crippen LogP) is 1.16. The van der Waals surface area contributed by atoms with E-state index >= 15 is 0 Å². The molecule has 0 bridgehead atoms. The number of amides is 2. The molecule has 1 aliphatic rings. The highest BCUT2D eigenvalue weighted by atomic mass is 16.3. The summed E-state index contributed by atoms with van der Waals surface area (Å²) in [5.41, 5.74) is 7.73. The van der Waals surface area contributed by atoms with Crippen molar-refractivity contribution < 1.29 is 9.90 Å². The zero-order valence-corrected chi connectivity index (χ0v) is 7.66. The molecule has 2 amide bonds. The van der Waals surface area contributed by atoms with Crippen molar-refractivity contribution in [3.63, 3.8) is 0 Å². The van der Waals surface area contributed by atoms with Crippen molar-refractivity contribution in [1.82, 2.24) is 0 Å². The molecule has 1 aromatic rings. The summed E-state index contributed by atoms with van der Waals surface area (Å²) in [7, 11) is 0. The van der Waals surface area contributed by atoms with Gasteiger partial charge in [0.1, 0.15) is 0 Å². The number of carbonyl (C=O) groups excluding carboxylic acids is 1. The average Bonchev–Trinajstić information content (AvgIpc) is 2.46. The summed E-state index contributed by atoms with van der Waals surface area (Å²) >= 11 is 0. The number of hydrogen-bond donors (Lipinski definition) is 3. The van der Waals surface area contributed by atoms with Gasteiger partial charge in [-0.05, 0) is 36.1 Å². The average molecular weight is 192 g/mol. The fourth-order valence-corrected chi connectivity index (χ4v) is 1.82. The molecule has 1 aliphatic carbocycles. The maximum Gasteiger partial charge on any atom is 0.316 e. The van der Waals surface area contributed by atoms with Crippen LogP contribution in [0.15, 0.2) is 18.2 Å². The third-order valence-electron chi connectivity index (χ3n) is 2.46. The van der Waals surface area contributed by atoms with E-state index in [9.17, 15) is 9.90 Å². The predicted molar refractivity (Wildman–Crippen MR) is 52.9 cm³/mol. The van der Waals surface area contributed by atoms with E-state index in [1.54, 1.807) is 6.07 Å². The minimum absolute atomic E-state index is 0.354. The Morgan fingerprint density at radius 3 is 3.07 bits per heavy atom. The molecule has 1 atom stereocenters. The second-order valence-electron chi connectivity index (χ2n) is 3.46. The van der Waals surface area contributed by atoms with E-state index in [1.807, 2.05) is 12.1 Å². The van der Waals surface area contributed by atoms with Gasteiger partial charge in [0.05, 0.1) is 6.10 Å². The number of nitrogens with two attached hydrogens (primary N) is 1. The molecule has 0 saturated heterocycles. The van der Waals surface area contributed by atoms with Crippen LogP contribution in [0.3, 0.4) is 0 Å². The van der Waals surface area contributed by atoms with Gasteiger partial charge < -0.3 is 16.2 Å². The lowest BCUT2D eigenvalue weighted by Gasteiger charge is -2.06. The topological polar surface area (TPSA) is 75.4 Å². The molecule has 0 fully saturated rings. The second kappa shape index (κ2) is 3.31. The van der Waals surface area contributed by atoms with Crippen LogP contribution in [0.1, 0.15) is 23.7 Å². The quantitative estimate of drug-likeness (QED) is 0.624. The van der Waals surface area contributed by atoms with Gasteiger partial charge in [-0.2, -0.15) is 0 Å². The molecule has 4 N–H and O–H groups in total. The van der Waals surface area contributed by atoms with E-state index in [4.69, 9.17) is 5.73 Å². The fraction of sp³-hybridized carbons (Fsp3) is 0.300. The fourth-order valence-electron chi connectivity index (χ4n) is 1.82. The van der Waals surface area contributed by atoms with Crippen molar-refractivity contribution in [3.8, 4) is 0 Å². The molecule has 0 radical (unpaired) electrons. The zero-order valence-electron chi connectivity index (χ0n) is 7.66. The van der Waals surface area contributed by atoms with E-state index < -0.39 is 6.03 Å². The first-order valence-corrected chi connectivity index (χ1v) is 4.54. The molecule has 1 aromatic carbocycles. The molecule has 14 heavy (non-hydrogen) atoms. The Bertz CT molecular complexity index is 376. The van der Waals surface area contributed by atoms with Crippen LogP contribution in [0, 0.1) is 0 Å². The normalized spacial score (nSPS) is 19.1. The molecule has 1 unspecified atom stereocenters. The third kappa shape index (κ3) is 1.56. The van der Waals surface area contributed by atoms with Crippen molar-refractivity contribution in [1.29, 1.82) is 0 Å². The van der Waals surface area contributed by atoms with Gasteiger partial charge in [0.25, 0.3) is 0 Å². The second-order valence-corrected chi connectivity index (χ2v) is 3.46. The highest BCUT2D eigenvalue weighted by Crippen LogP contribution is 2.32. The number of aryl methyl sites for hydroxylation is 1. The number of aliphatic hydroxyl groups is 1. The Morgan fingerprint density at radius 1 is 1.57 bits per heavy atom. The standard InChI is InChI=1S/C10H12N2O2/c11-10(14)12-7-2-3-8-6(5-7)1-4-9(8)13/h2-3,5,9,13H,1,4H2,(H3,11,12,14). The molecule has 4 nitrogen and oxygen atoms in total. The third-order valence-corrected chi connectivity index (χ3v) is 2.46. The Morgan fingerprint density at radius 2 is 2.36 bits per heavy atom. The first kappa shape index (κ1) is 9.02. The van der Waals surface area contributed by atoms with E-state index in [0.29, 0.717) is 5.69 Å². The van der Waals surface area contributed by atoms with E-state index in [2.05, 4.69) is 5.32 Å². The summed E-state index contributed by atoms with van der Waals surface area (Å²) < 4.78 is 0. The molecule has 0 aromatic heterocycles.